The second kappa shape index (κ2) is 7.61. The van der Waals surface area contributed by atoms with Crippen LogP contribution in [0.4, 0.5) is 5.69 Å². The summed E-state index contributed by atoms with van der Waals surface area (Å²) in [4.78, 5) is 0. The maximum atomic E-state index is 5.65. The van der Waals surface area contributed by atoms with Crippen LogP contribution in [0.15, 0.2) is 24.3 Å². The molecule has 0 aromatic heterocycles. The normalized spacial score (nSPS) is 12.6. The largest absolute Gasteiger partial charge is 0.399 e. The van der Waals surface area contributed by atoms with Crippen LogP contribution in [0.25, 0.3) is 0 Å². The molecule has 1 unspecified atom stereocenters. The van der Waals surface area contributed by atoms with Gasteiger partial charge >= 0.3 is 0 Å². The Morgan fingerprint density at radius 1 is 1.25 bits per heavy atom. The fourth-order valence-corrected chi connectivity index (χ4v) is 2.62. The lowest BCUT2D eigenvalue weighted by Gasteiger charge is -2.07. The quantitative estimate of drug-likeness (QED) is 0.573. The Hall–Kier alpha value is -0.630. The van der Waals surface area contributed by atoms with E-state index in [4.69, 9.17) is 5.73 Å². The van der Waals surface area contributed by atoms with Crippen LogP contribution in [0.2, 0.25) is 0 Å². The maximum Gasteiger partial charge on any atom is 0.0314 e. The van der Waals surface area contributed by atoms with Gasteiger partial charge in [0.1, 0.15) is 0 Å². The average Bonchev–Trinajstić information content (AvgIpc) is 2.31. The van der Waals surface area contributed by atoms with Crippen LogP contribution in [0.3, 0.4) is 0 Å². The number of benzene rings is 1. The molecule has 16 heavy (non-hydrogen) atoms. The van der Waals surface area contributed by atoms with E-state index in [9.17, 15) is 0 Å². The molecular weight excluding hydrogens is 214 g/mol. The Morgan fingerprint density at radius 2 is 1.94 bits per heavy atom. The van der Waals surface area contributed by atoms with Crippen molar-refractivity contribution in [3.63, 3.8) is 0 Å². The van der Waals surface area contributed by atoms with E-state index in [1.165, 1.54) is 36.3 Å². The van der Waals surface area contributed by atoms with Crippen LogP contribution in [0.1, 0.15) is 32.3 Å². The van der Waals surface area contributed by atoms with Gasteiger partial charge < -0.3 is 5.73 Å². The second-order valence-corrected chi connectivity index (χ2v) is 5.58. The Balaban J connectivity index is 2.09. The van der Waals surface area contributed by atoms with Crippen molar-refractivity contribution in [1.82, 2.24) is 0 Å². The molecule has 0 aliphatic carbocycles. The van der Waals surface area contributed by atoms with Gasteiger partial charge in [-0.25, -0.2) is 0 Å². The highest BCUT2D eigenvalue weighted by molar-refractivity contribution is 7.99. The van der Waals surface area contributed by atoms with Gasteiger partial charge in [0.2, 0.25) is 0 Å². The van der Waals surface area contributed by atoms with E-state index in [1.54, 1.807) is 0 Å². The predicted molar refractivity (Wildman–Crippen MR) is 76.0 cm³/mol. The summed E-state index contributed by atoms with van der Waals surface area (Å²) in [6.45, 7) is 4.59. The summed E-state index contributed by atoms with van der Waals surface area (Å²) in [7, 11) is 0. The molecule has 0 aliphatic rings. The average molecular weight is 237 g/mol. The van der Waals surface area contributed by atoms with Gasteiger partial charge in [-0.3, -0.25) is 0 Å². The van der Waals surface area contributed by atoms with Crippen LogP contribution in [-0.4, -0.2) is 11.5 Å². The standard InChI is InChI=1S/C14H23NS/c1-3-12(2)11-16-10-4-5-13-6-8-14(15)9-7-13/h6-9,12H,3-5,10-11,15H2,1-2H3. The number of nitrogen functional groups attached to an aromatic ring is 1. The molecule has 0 saturated heterocycles. The molecule has 2 N–H and O–H groups in total. The summed E-state index contributed by atoms with van der Waals surface area (Å²) in [5.41, 5.74) is 7.91. The zero-order chi connectivity index (χ0) is 11.8. The molecule has 1 rings (SSSR count). The molecule has 1 aromatic carbocycles. The predicted octanol–water partition coefficient (Wildman–Crippen LogP) is 3.98. The molecule has 1 aromatic rings. The number of aryl methyl sites for hydroxylation is 1. The molecule has 0 amide bonds. The van der Waals surface area contributed by atoms with Crippen molar-refractivity contribution in [2.45, 2.75) is 33.1 Å². The van der Waals surface area contributed by atoms with Crippen LogP contribution in [0.5, 0.6) is 0 Å². The fourth-order valence-electron chi connectivity index (χ4n) is 1.47. The Morgan fingerprint density at radius 3 is 2.56 bits per heavy atom. The highest BCUT2D eigenvalue weighted by atomic mass is 32.2. The van der Waals surface area contributed by atoms with Crippen LogP contribution < -0.4 is 5.73 Å². The number of thioether (sulfide) groups is 1. The van der Waals surface area contributed by atoms with Gasteiger partial charge in [0.05, 0.1) is 0 Å². The van der Waals surface area contributed by atoms with Gasteiger partial charge in [-0.05, 0) is 48.0 Å². The van der Waals surface area contributed by atoms with E-state index in [0.717, 1.165) is 11.6 Å². The first kappa shape index (κ1) is 13.4. The Kier molecular flexibility index (Phi) is 6.39. The van der Waals surface area contributed by atoms with Crippen molar-refractivity contribution in [1.29, 1.82) is 0 Å². The zero-order valence-corrected chi connectivity index (χ0v) is 11.2. The molecule has 2 heteroatoms. The van der Waals surface area contributed by atoms with Crippen LogP contribution in [0, 0.1) is 5.92 Å². The van der Waals surface area contributed by atoms with E-state index in [0.29, 0.717) is 0 Å². The highest BCUT2D eigenvalue weighted by Gasteiger charge is 1.98. The van der Waals surface area contributed by atoms with E-state index in [-0.39, 0.29) is 0 Å². The molecule has 0 saturated carbocycles. The summed E-state index contributed by atoms with van der Waals surface area (Å²) in [5, 5.41) is 0. The second-order valence-electron chi connectivity index (χ2n) is 4.43. The number of anilines is 1. The van der Waals surface area contributed by atoms with Crippen LogP contribution >= 0.6 is 11.8 Å². The lowest BCUT2D eigenvalue weighted by atomic mass is 10.1. The molecule has 0 bridgehead atoms. The number of rotatable bonds is 7. The molecular formula is C14H23NS. The van der Waals surface area contributed by atoms with E-state index < -0.39 is 0 Å². The summed E-state index contributed by atoms with van der Waals surface area (Å²) in [5.74, 6) is 3.44. The molecule has 0 heterocycles. The third-order valence-corrected chi connectivity index (χ3v) is 4.22. The van der Waals surface area contributed by atoms with Crippen LogP contribution in [-0.2, 0) is 6.42 Å². The SMILES string of the molecule is CCC(C)CSCCCc1ccc(N)cc1. The molecule has 0 spiro atoms. The summed E-state index contributed by atoms with van der Waals surface area (Å²) in [6.07, 6.45) is 3.74. The summed E-state index contributed by atoms with van der Waals surface area (Å²) < 4.78 is 0. The molecule has 0 radical (unpaired) electrons. The van der Waals surface area contributed by atoms with Gasteiger partial charge in [-0.2, -0.15) is 11.8 Å². The Labute approximate surface area is 104 Å². The van der Waals surface area contributed by atoms with Gasteiger partial charge in [0, 0.05) is 5.69 Å². The minimum atomic E-state index is 0.856. The molecule has 0 aliphatic heterocycles. The third-order valence-electron chi connectivity index (χ3n) is 2.83. The minimum absolute atomic E-state index is 0.856. The van der Waals surface area contributed by atoms with Crippen molar-refractivity contribution in [3.8, 4) is 0 Å². The molecule has 1 atom stereocenters. The van der Waals surface area contributed by atoms with Gasteiger partial charge in [0.25, 0.3) is 0 Å². The van der Waals surface area contributed by atoms with Crippen molar-refractivity contribution in [3.05, 3.63) is 29.8 Å². The number of nitrogens with two attached hydrogens (primary N) is 1. The van der Waals surface area contributed by atoms with Gasteiger partial charge in [-0.15, -0.1) is 0 Å². The van der Waals surface area contributed by atoms with Crippen molar-refractivity contribution >= 4 is 17.4 Å². The zero-order valence-electron chi connectivity index (χ0n) is 10.4. The summed E-state index contributed by atoms with van der Waals surface area (Å²) in [6, 6.07) is 8.24. The monoisotopic (exact) mass is 237 g/mol. The van der Waals surface area contributed by atoms with E-state index in [2.05, 4.69) is 37.7 Å². The topological polar surface area (TPSA) is 26.0 Å². The van der Waals surface area contributed by atoms with Gasteiger partial charge in [0.15, 0.2) is 0 Å². The smallest absolute Gasteiger partial charge is 0.0314 e. The first-order valence-electron chi connectivity index (χ1n) is 6.14. The lowest BCUT2D eigenvalue weighted by molar-refractivity contribution is 0.636. The Bertz CT molecular complexity index is 281. The third kappa shape index (κ3) is 5.45. The van der Waals surface area contributed by atoms with Crippen molar-refractivity contribution in [2.75, 3.05) is 17.2 Å². The fraction of sp³-hybridized carbons (Fsp3) is 0.571. The molecule has 1 nitrogen and oxygen atoms in total. The lowest BCUT2D eigenvalue weighted by Crippen LogP contribution is -1.97. The first-order chi connectivity index (χ1) is 7.72. The van der Waals surface area contributed by atoms with Gasteiger partial charge in [-0.1, -0.05) is 32.4 Å². The molecule has 0 fully saturated rings. The van der Waals surface area contributed by atoms with E-state index in [1.807, 2.05) is 12.1 Å². The molecule has 90 valence electrons. The number of hydrogen-bond donors (Lipinski definition) is 1. The highest BCUT2D eigenvalue weighted by Crippen LogP contribution is 2.14. The maximum absolute atomic E-state index is 5.65. The van der Waals surface area contributed by atoms with E-state index >= 15 is 0 Å². The van der Waals surface area contributed by atoms with Crippen molar-refractivity contribution in [2.24, 2.45) is 5.92 Å². The minimum Gasteiger partial charge on any atom is -0.399 e. The van der Waals surface area contributed by atoms with Crippen molar-refractivity contribution < 1.29 is 0 Å². The number of hydrogen-bond acceptors (Lipinski definition) is 2. The first-order valence-corrected chi connectivity index (χ1v) is 7.30. The summed E-state index contributed by atoms with van der Waals surface area (Å²) >= 11 is 2.08.